The summed E-state index contributed by atoms with van der Waals surface area (Å²) in [6.45, 7) is 0.343. The molecule has 2 aromatic carbocycles. The number of carbonyl (C=O) groups excluding carboxylic acids is 1. The summed E-state index contributed by atoms with van der Waals surface area (Å²) in [6.07, 6.45) is 0.459. The Kier molecular flexibility index (Phi) is 4.03. The number of benzene rings is 2. The van der Waals surface area contributed by atoms with Crippen LogP contribution in [0, 0.1) is 17.6 Å². The highest BCUT2D eigenvalue weighted by Crippen LogP contribution is 2.50. The summed E-state index contributed by atoms with van der Waals surface area (Å²) in [6, 6.07) is 10.4. The van der Waals surface area contributed by atoms with Gasteiger partial charge in [0.1, 0.15) is 17.4 Å². The third kappa shape index (κ3) is 3.18. The van der Waals surface area contributed by atoms with Crippen LogP contribution in [0.4, 0.5) is 8.78 Å². The Morgan fingerprint density at radius 2 is 1.87 bits per heavy atom. The molecule has 2 unspecified atom stereocenters. The van der Waals surface area contributed by atoms with Gasteiger partial charge >= 0.3 is 0 Å². The molecule has 2 aromatic rings. The first kappa shape index (κ1) is 15.5. The topological polar surface area (TPSA) is 40.5 Å². The van der Waals surface area contributed by atoms with E-state index >= 15 is 0 Å². The molecule has 120 valence electrons. The number of aromatic hydroxyl groups is 1. The predicted molar refractivity (Wildman–Crippen MR) is 81.8 cm³/mol. The third-order valence-corrected chi connectivity index (χ3v) is 4.18. The summed E-state index contributed by atoms with van der Waals surface area (Å²) < 4.78 is 27.6. The summed E-state index contributed by atoms with van der Waals surface area (Å²) in [5.41, 5.74) is 0.812. The van der Waals surface area contributed by atoms with Gasteiger partial charge in [-0.2, -0.15) is 0 Å². The maximum Gasteiger partial charge on any atom is 0.226 e. The van der Waals surface area contributed by atoms with Crippen molar-refractivity contribution < 1.29 is 18.7 Å². The highest BCUT2D eigenvalue weighted by molar-refractivity contribution is 5.82. The van der Waals surface area contributed by atoms with Crippen LogP contribution in [0.25, 0.3) is 0 Å². The van der Waals surface area contributed by atoms with Crippen molar-refractivity contribution in [3.8, 4) is 5.75 Å². The molecule has 0 aromatic heterocycles. The van der Waals surface area contributed by atoms with Crippen LogP contribution in [0.5, 0.6) is 5.75 Å². The van der Waals surface area contributed by atoms with Gasteiger partial charge < -0.3 is 10.0 Å². The maximum atomic E-state index is 13.8. The Balaban J connectivity index is 1.68. The van der Waals surface area contributed by atoms with Crippen LogP contribution in [0.1, 0.15) is 23.5 Å². The van der Waals surface area contributed by atoms with E-state index in [0.29, 0.717) is 13.0 Å². The van der Waals surface area contributed by atoms with Gasteiger partial charge in [0, 0.05) is 31.0 Å². The molecule has 0 radical (unpaired) electrons. The van der Waals surface area contributed by atoms with Crippen LogP contribution in [0.3, 0.4) is 0 Å². The zero-order valence-corrected chi connectivity index (χ0v) is 12.7. The van der Waals surface area contributed by atoms with Gasteiger partial charge in [0.15, 0.2) is 0 Å². The van der Waals surface area contributed by atoms with Gasteiger partial charge in [-0.15, -0.1) is 0 Å². The van der Waals surface area contributed by atoms with Gasteiger partial charge in [-0.05, 0) is 36.2 Å². The van der Waals surface area contributed by atoms with Crippen LogP contribution < -0.4 is 0 Å². The molecule has 3 rings (SSSR count). The molecule has 0 bridgehead atoms. The number of carbonyl (C=O) groups is 1. The molecule has 1 fully saturated rings. The van der Waals surface area contributed by atoms with E-state index in [0.717, 1.165) is 5.56 Å². The predicted octanol–water partition coefficient (Wildman–Crippen LogP) is 3.43. The molecule has 2 atom stereocenters. The molecular weight excluding hydrogens is 300 g/mol. The van der Waals surface area contributed by atoms with E-state index in [2.05, 4.69) is 0 Å². The highest BCUT2D eigenvalue weighted by atomic mass is 19.1. The first-order valence-electron chi connectivity index (χ1n) is 7.44. The summed E-state index contributed by atoms with van der Waals surface area (Å²) in [5.74, 6) is -1.97. The Bertz CT molecular complexity index is 727. The monoisotopic (exact) mass is 317 g/mol. The molecule has 0 spiro atoms. The van der Waals surface area contributed by atoms with E-state index < -0.39 is 17.6 Å². The number of phenolic OH excluding ortho intramolecular Hbond substituents is 1. The third-order valence-electron chi connectivity index (χ3n) is 4.18. The van der Waals surface area contributed by atoms with Gasteiger partial charge in [-0.3, -0.25) is 4.79 Å². The molecule has 5 heteroatoms. The first-order valence-corrected chi connectivity index (χ1v) is 7.44. The minimum Gasteiger partial charge on any atom is -0.508 e. The number of halogens is 2. The van der Waals surface area contributed by atoms with Crippen LogP contribution in [-0.2, 0) is 11.3 Å². The molecule has 1 amide bonds. The zero-order valence-electron chi connectivity index (χ0n) is 12.7. The van der Waals surface area contributed by atoms with Crippen LogP contribution in [-0.4, -0.2) is 23.0 Å². The second-order valence-electron chi connectivity index (χ2n) is 5.95. The maximum absolute atomic E-state index is 13.8. The number of rotatable bonds is 4. The minimum atomic E-state index is -0.596. The Labute approximate surface area is 133 Å². The van der Waals surface area contributed by atoms with Crippen molar-refractivity contribution in [2.45, 2.75) is 18.9 Å². The quantitative estimate of drug-likeness (QED) is 0.938. The largest absolute Gasteiger partial charge is 0.508 e. The smallest absolute Gasteiger partial charge is 0.226 e. The molecule has 1 N–H and O–H groups in total. The average Bonchev–Trinajstić information content (AvgIpc) is 3.26. The number of nitrogens with zero attached hydrogens (tertiary/aromatic N) is 1. The van der Waals surface area contributed by atoms with Gasteiger partial charge in [0.05, 0.1) is 0 Å². The minimum absolute atomic E-state index is 0.0107. The second-order valence-corrected chi connectivity index (χ2v) is 5.95. The van der Waals surface area contributed by atoms with E-state index in [4.69, 9.17) is 0 Å². The van der Waals surface area contributed by atoms with Gasteiger partial charge in [-0.25, -0.2) is 8.78 Å². The van der Waals surface area contributed by atoms with Crippen molar-refractivity contribution in [1.82, 2.24) is 4.90 Å². The van der Waals surface area contributed by atoms with Gasteiger partial charge in [0.2, 0.25) is 5.91 Å². The van der Waals surface area contributed by atoms with E-state index in [9.17, 15) is 18.7 Å². The van der Waals surface area contributed by atoms with E-state index in [1.807, 2.05) is 6.07 Å². The average molecular weight is 317 g/mol. The molecule has 0 saturated heterocycles. The Morgan fingerprint density at radius 3 is 2.52 bits per heavy atom. The first-order chi connectivity index (χ1) is 11.0. The Morgan fingerprint density at radius 1 is 1.22 bits per heavy atom. The lowest BCUT2D eigenvalue weighted by atomic mass is 10.1. The molecular formula is C18H17F2NO2. The lowest BCUT2D eigenvalue weighted by Crippen LogP contribution is -2.28. The van der Waals surface area contributed by atoms with Crippen LogP contribution in [0.15, 0.2) is 42.5 Å². The molecule has 3 nitrogen and oxygen atoms in total. The lowest BCUT2D eigenvalue weighted by molar-refractivity contribution is -0.131. The Hall–Kier alpha value is -2.43. The zero-order chi connectivity index (χ0) is 16.6. The molecule has 0 aliphatic heterocycles. The number of hydrogen-bond acceptors (Lipinski definition) is 2. The van der Waals surface area contributed by atoms with E-state index in [1.54, 1.807) is 25.2 Å². The van der Waals surface area contributed by atoms with E-state index in [-0.39, 0.29) is 23.1 Å². The standard InChI is InChI=1S/C18H17F2NO2/c1-21(10-11-4-2-5-12(22)8-11)18(23)14-9-13(14)17-15(19)6-3-7-16(17)20/h2-8,13-14,22H,9-10H2,1H3. The van der Waals surface area contributed by atoms with Crippen molar-refractivity contribution in [1.29, 1.82) is 0 Å². The fourth-order valence-corrected chi connectivity index (χ4v) is 2.94. The molecule has 1 aliphatic rings. The molecule has 23 heavy (non-hydrogen) atoms. The highest BCUT2D eigenvalue weighted by Gasteiger charge is 2.47. The van der Waals surface area contributed by atoms with Crippen LogP contribution >= 0.6 is 0 Å². The van der Waals surface area contributed by atoms with Crippen molar-refractivity contribution in [2.24, 2.45) is 5.92 Å². The fraction of sp³-hybridized carbons (Fsp3) is 0.278. The van der Waals surface area contributed by atoms with Crippen molar-refractivity contribution >= 4 is 5.91 Å². The van der Waals surface area contributed by atoms with Gasteiger partial charge in [0.25, 0.3) is 0 Å². The van der Waals surface area contributed by atoms with Gasteiger partial charge in [-0.1, -0.05) is 18.2 Å². The molecule has 0 heterocycles. The molecule has 1 saturated carbocycles. The number of phenols is 1. The number of hydrogen-bond donors (Lipinski definition) is 1. The van der Waals surface area contributed by atoms with E-state index in [1.165, 1.54) is 23.1 Å². The molecule has 1 aliphatic carbocycles. The summed E-state index contributed by atoms with van der Waals surface area (Å²) in [7, 11) is 1.65. The van der Waals surface area contributed by atoms with Crippen molar-refractivity contribution in [3.05, 3.63) is 65.2 Å². The summed E-state index contributed by atoms with van der Waals surface area (Å²) in [4.78, 5) is 13.9. The van der Waals surface area contributed by atoms with Crippen LogP contribution in [0.2, 0.25) is 0 Å². The van der Waals surface area contributed by atoms with Crippen molar-refractivity contribution in [2.75, 3.05) is 7.05 Å². The summed E-state index contributed by atoms with van der Waals surface area (Å²) in [5, 5.41) is 9.45. The normalized spacial score (nSPS) is 19.4. The number of amides is 1. The lowest BCUT2D eigenvalue weighted by Gasteiger charge is -2.17. The second kappa shape index (κ2) is 5.99. The SMILES string of the molecule is CN(Cc1cccc(O)c1)C(=O)C1CC1c1c(F)cccc1F. The summed E-state index contributed by atoms with van der Waals surface area (Å²) >= 11 is 0. The van der Waals surface area contributed by atoms with Crippen molar-refractivity contribution in [3.63, 3.8) is 0 Å². The fourth-order valence-electron chi connectivity index (χ4n) is 2.94.